The summed E-state index contributed by atoms with van der Waals surface area (Å²) in [4.78, 5) is 24.8. The monoisotopic (exact) mass is 757 g/mol. The van der Waals surface area contributed by atoms with E-state index in [1.54, 1.807) is 31.4 Å². The number of rotatable bonds is 4. The number of pyridine rings is 1. The Hall–Kier alpha value is -7.25. The van der Waals surface area contributed by atoms with Crippen molar-refractivity contribution in [1.29, 1.82) is 0 Å². The van der Waals surface area contributed by atoms with Crippen LogP contribution in [-0.4, -0.2) is 21.6 Å². The van der Waals surface area contributed by atoms with E-state index < -0.39 is 5.41 Å². The second kappa shape index (κ2) is 12.4. The lowest BCUT2D eigenvalue weighted by Crippen LogP contribution is -2.17. The van der Waals surface area contributed by atoms with E-state index in [0.717, 1.165) is 54.8 Å². The van der Waals surface area contributed by atoms with Crippen LogP contribution in [0.5, 0.6) is 5.75 Å². The maximum atomic E-state index is 14.7. The summed E-state index contributed by atoms with van der Waals surface area (Å²) in [7, 11) is 1.71. The number of aromatic nitrogens is 3. The van der Waals surface area contributed by atoms with E-state index in [9.17, 15) is 13.6 Å². The molecule has 0 atom stereocenters. The van der Waals surface area contributed by atoms with Gasteiger partial charge in [-0.25, -0.2) is 18.7 Å². The van der Waals surface area contributed by atoms with Crippen LogP contribution in [0.2, 0.25) is 0 Å². The topological polar surface area (TPSA) is 57.0 Å². The Kier molecular flexibility index (Phi) is 7.26. The number of para-hydroxylation sites is 1. The molecule has 8 aromatic carbocycles. The highest BCUT2D eigenvalue weighted by atomic mass is 19.1. The van der Waals surface area contributed by atoms with Crippen LogP contribution in [0.3, 0.4) is 0 Å². The van der Waals surface area contributed by atoms with Crippen LogP contribution >= 0.6 is 0 Å². The van der Waals surface area contributed by atoms with Gasteiger partial charge < -0.3 is 4.74 Å². The number of halogens is 2. The van der Waals surface area contributed by atoms with Crippen molar-refractivity contribution in [2.45, 2.75) is 19.3 Å². The highest BCUT2D eigenvalue weighted by Gasteiger charge is 2.37. The molecule has 0 N–H and O–H groups in total. The van der Waals surface area contributed by atoms with Gasteiger partial charge in [0.2, 0.25) is 5.95 Å². The van der Waals surface area contributed by atoms with Crippen LogP contribution in [0.4, 0.5) is 8.78 Å². The molecule has 2 aromatic heterocycles. The van der Waals surface area contributed by atoms with Gasteiger partial charge in [0, 0.05) is 32.7 Å². The third-order valence-corrected chi connectivity index (χ3v) is 12.0. The van der Waals surface area contributed by atoms with Crippen molar-refractivity contribution in [1.82, 2.24) is 14.5 Å². The first-order valence-corrected chi connectivity index (χ1v) is 19.2. The van der Waals surface area contributed by atoms with Crippen LogP contribution in [0.15, 0.2) is 150 Å². The molecule has 0 radical (unpaired) electrons. The van der Waals surface area contributed by atoms with Crippen molar-refractivity contribution in [3.63, 3.8) is 0 Å². The van der Waals surface area contributed by atoms with Gasteiger partial charge in [0.1, 0.15) is 17.4 Å². The molecule has 0 spiro atoms. The van der Waals surface area contributed by atoms with Crippen LogP contribution in [-0.2, 0) is 5.41 Å². The maximum absolute atomic E-state index is 14.7. The lowest BCUT2D eigenvalue weighted by molar-refractivity contribution is 0.420. The minimum absolute atomic E-state index is 0.0914. The number of nitrogens with zero attached hydrogens (tertiary/aromatic N) is 3. The predicted octanol–water partition coefficient (Wildman–Crippen LogP) is 12.3. The fourth-order valence-electron chi connectivity index (χ4n) is 9.19. The summed E-state index contributed by atoms with van der Waals surface area (Å²) in [6, 6.07) is 45.1. The SMILES string of the molecule is COc1cccc2c3cc4c(cc3c3ccccc3c12)C(C)(C)c1cc2c(cc1-4)c(=O)c1ccccc1n2-c1nc(-c2ccc(F)cc2)cc(-c2ccc(F)cc2)n1. The van der Waals surface area contributed by atoms with E-state index in [0.29, 0.717) is 50.3 Å². The first-order valence-electron chi connectivity index (χ1n) is 19.2. The fourth-order valence-corrected chi connectivity index (χ4v) is 9.19. The van der Waals surface area contributed by atoms with Gasteiger partial charge >= 0.3 is 0 Å². The molecule has 10 aromatic rings. The molecule has 11 rings (SSSR count). The minimum Gasteiger partial charge on any atom is -0.496 e. The van der Waals surface area contributed by atoms with E-state index in [-0.39, 0.29) is 17.1 Å². The lowest BCUT2D eigenvalue weighted by atomic mass is 9.81. The lowest BCUT2D eigenvalue weighted by Gasteiger charge is -2.23. The number of methoxy groups -OCH3 is 1. The average Bonchev–Trinajstić information content (AvgIpc) is 3.47. The maximum Gasteiger partial charge on any atom is 0.235 e. The Balaban J connectivity index is 1.23. The van der Waals surface area contributed by atoms with Crippen molar-refractivity contribution in [3.05, 3.63) is 179 Å². The molecule has 2 heterocycles. The molecular weight excluding hydrogens is 725 g/mol. The van der Waals surface area contributed by atoms with Crippen LogP contribution < -0.4 is 10.2 Å². The summed E-state index contributed by atoms with van der Waals surface area (Å²) in [6.07, 6.45) is 0. The van der Waals surface area contributed by atoms with Gasteiger partial charge in [-0.2, -0.15) is 0 Å². The summed E-state index contributed by atoms with van der Waals surface area (Å²) in [6.45, 7) is 4.48. The zero-order valence-electron chi connectivity index (χ0n) is 31.8. The van der Waals surface area contributed by atoms with Crippen molar-refractivity contribution in [2.75, 3.05) is 7.11 Å². The molecule has 7 heteroatoms. The van der Waals surface area contributed by atoms with E-state index in [4.69, 9.17) is 14.7 Å². The van der Waals surface area contributed by atoms with E-state index in [1.807, 2.05) is 53.1 Å². The summed E-state index contributed by atoms with van der Waals surface area (Å²) in [5, 5.41) is 7.78. The Morgan fingerprint density at radius 1 is 0.534 bits per heavy atom. The summed E-state index contributed by atoms with van der Waals surface area (Å²) in [5.74, 6) is 0.429. The van der Waals surface area contributed by atoms with E-state index in [1.165, 1.54) is 29.8 Å². The molecule has 0 saturated heterocycles. The molecule has 0 aliphatic heterocycles. The molecule has 0 bridgehead atoms. The van der Waals surface area contributed by atoms with Gasteiger partial charge in [-0.3, -0.25) is 9.36 Å². The average molecular weight is 758 g/mol. The Morgan fingerprint density at radius 3 is 1.72 bits per heavy atom. The first kappa shape index (κ1) is 34.0. The van der Waals surface area contributed by atoms with Crippen molar-refractivity contribution in [3.8, 4) is 45.3 Å². The second-order valence-electron chi connectivity index (χ2n) is 15.5. The zero-order valence-corrected chi connectivity index (χ0v) is 31.8. The number of ether oxygens (including phenoxy) is 1. The Bertz CT molecular complexity index is 3380. The smallest absolute Gasteiger partial charge is 0.235 e. The van der Waals surface area contributed by atoms with Gasteiger partial charge in [0.05, 0.1) is 29.5 Å². The van der Waals surface area contributed by atoms with Gasteiger partial charge in [0.25, 0.3) is 0 Å². The number of hydrogen-bond donors (Lipinski definition) is 0. The predicted molar refractivity (Wildman–Crippen MR) is 230 cm³/mol. The van der Waals surface area contributed by atoms with Crippen LogP contribution in [0.1, 0.15) is 25.0 Å². The first-order chi connectivity index (χ1) is 28.2. The third kappa shape index (κ3) is 4.89. The molecule has 0 saturated carbocycles. The van der Waals surface area contributed by atoms with Gasteiger partial charge in [-0.15, -0.1) is 0 Å². The zero-order chi connectivity index (χ0) is 39.4. The minimum atomic E-state index is -0.444. The number of fused-ring (bicyclic) bond motifs is 11. The van der Waals surface area contributed by atoms with Crippen LogP contribution in [0, 0.1) is 11.6 Å². The molecular formula is C51H33F2N3O2. The highest BCUT2D eigenvalue weighted by Crippen LogP contribution is 2.53. The molecule has 5 nitrogen and oxygen atoms in total. The van der Waals surface area contributed by atoms with Crippen molar-refractivity contribution < 1.29 is 13.5 Å². The molecule has 0 amide bonds. The fraction of sp³-hybridized carbons (Fsp3) is 0.0784. The summed E-state index contributed by atoms with van der Waals surface area (Å²) < 4.78 is 36.1. The van der Waals surface area contributed by atoms with Crippen molar-refractivity contribution >= 4 is 54.1 Å². The Morgan fingerprint density at radius 2 is 1.07 bits per heavy atom. The largest absolute Gasteiger partial charge is 0.496 e. The quantitative estimate of drug-likeness (QED) is 0.132. The highest BCUT2D eigenvalue weighted by molar-refractivity contribution is 6.27. The third-order valence-electron chi connectivity index (χ3n) is 12.0. The van der Waals surface area contributed by atoms with Gasteiger partial charge in [-0.05, 0) is 146 Å². The Labute approximate surface area is 331 Å². The molecule has 58 heavy (non-hydrogen) atoms. The summed E-state index contributed by atoms with van der Waals surface area (Å²) in [5.41, 5.74) is 7.59. The molecule has 0 unspecified atom stereocenters. The van der Waals surface area contributed by atoms with Gasteiger partial charge in [-0.1, -0.05) is 62.4 Å². The molecule has 0 fully saturated rings. The van der Waals surface area contributed by atoms with E-state index >= 15 is 0 Å². The van der Waals surface area contributed by atoms with Gasteiger partial charge in [0.15, 0.2) is 5.43 Å². The normalized spacial score (nSPS) is 13.1. The standard InChI is InChI=1S/C51H33F2N3O2/c1-51(2)41-25-37-32-9-4-5-10-33(32)48-34(12-8-14-47(48)58-3)36(37)23-38(41)39-24-40-46(26-42(39)51)56(45-13-7-6-11-35(45)49(40)57)50-54-43(28-15-19-30(52)20-16-28)27-44(55-50)29-17-21-31(53)22-18-29/h4-27H,1-3H3. The number of benzene rings is 8. The van der Waals surface area contributed by atoms with Crippen molar-refractivity contribution in [2.24, 2.45) is 0 Å². The number of hydrogen-bond acceptors (Lipinski definition) is 4. The molecule has 1 aliphatic carbocycles. The second-order valence-corrected chi connectivity index (χ2v) is 15.5. The van der Waals surface area contributed by atoms with E-state index in [2.05, 4.69) is 62.4 Å². The molecule has 1 aliphatic rings. The summed E-state index contributed by atoms with van der Waals surface area (Å²) >= 11 is 0. The van der Waals surface area contributed by atoms with Crippen LogP contribution in [0.25, 0.3) is 93.7 Å². The molecule has 278 valence electrons.